The highest BCUT2D eigenvalue weighted by molar-refractivity contribution is 5.40. The molecule has 1 aromatic rings. The Morgan fingerprint density at radius 3 is 2.29 bits per heavy atom. The summed E-state index contributed by atoms with van der Waals surface area (Å²) in [5.41, 5.74) is 7.14. The van der Waals surface area contributed by atoms with E-state index in [2.05, 4.69) is 12.1 Å². The summed E-state index contributed by atoms with van der Waals surface area (Å²) in [6, 6.07) is 6.14. The third-order valence-electron chi connectivity index (χ3n) is 3.76. The Morgan fingerprint density at radius 2 is 1.76 bits per heavy atom. The number of ether oxygens (including phenoxy) is 2. The summed E-state index contributed by atoms with van der Waals surface area (Å²) in [5, 5.41) is 0. The number of benzene rings is 1. The zero-order chi connectivity index (χ0) is 12.3. The number of hydrogen-bond acceptors (Lipinski definition) is 3. The summed E-state index contributed by atoms with van der Waals surface area (Å²) in [4.78, 5) is 0. The average molecular weight is 235 g/mol. The van der Waals surface area contributed by atoms with Crippen LogP contribution in [0.2, 0.25) is 0 Å². The van der Waals surface area contributed by atoms with E-state index in [1.807, 2.05) is 6.07 Å². The van der Waals surface area contributed by atoms with Gasteiger partial charge < -0.3 is 15.2 Å². The van der Waals surface area contributed by atoms with E-state index in [1.54, 1.807) is 14.2 Å². The van der Waals surface area contributed by atoms with Gasteiger partial charge in [0.05, 0.1) is 14.2 Å². The summed E-state index contributed by atoms with van der Waals surface area (Å²) >= 11 is 0. The number of methoxy groups -OCH3 is 2. The number of nitrogens with two attached hydrogens (primary N) is 1. The maximum absolute atomic E-state index is 5.84. The van der Waals surface area contributed by atoms with Crippen molar-refractivity contribution in [1.29, 1.82) is 0 Å². The quantitative estimate of drug-likeness (QED) is 0.872. The van der Waals surface area contributed by atoms with Crippen molar-refractivity contribution in [1.82, 2.24) is 0 Å². The summed E-state index contributed by atoms with van der Waals surface area (Å²) in [5.74, 6) is 2.89. The van der Waals surface area contributed by atoms with Gasteiger partial charge in [0.25, 0.3) is 0 Å². The van der Waals surface area contributed by atoms with Gasteiger partial charge in [-0.1, -0.05) is 6.42 Å². The van der Waals surface area contributed by atoms with Gasteiger partial charge in [0.1, 0.15) is 11.5 Å². The van der Waals surface area contributed by atoms with Crippen molar-refractivity contribution in [2.45, 2.75) is 25.2 Å². The van der Waals surface area contributed by atoms with E-state index >= 15 is 0 Å². The van der Waals surface area contributed by atoms with Gasteiger partial charge in [-0.2, -0.15) is 0 Å². The van der Waals surface area contributed by atoms with Gasteiger partial charge in [0, 0.05) is 6.07 Å². The second kappa shape index (κ2) is 5.41. The molecule has 2 atom stereocenters. The molecule has 0 bridgehead atoms. The number of hydrogen-bond donors (Lipinski definition) is 1. The van der Waals surface area contributed by atoms with Gasteiger partial charge >= 0.3 is 0 Å². The first-order chi connectivity index (χ1) is 8.28. The van der Waals surface area contributed by atoms with Crippen molar-refractivity contribution in [2.24, 2.45) is 11.7 Å². The molecule has 1 fully saturated rings. The first kappa shape index (κ1) is 12.2. The lowest BCUT2D eigenvalue weighted by molar-refractivity contribution is 0.391. The third kappa shape index (κ3) is 2.55. The van der Waals surface area contributed by atoms with Gasteiger partial charge in [0.2, 0.25) is 0 Å². The van der Waals surface area contributed by atoms with E-state index in [4.69, 9.17) is 15.2 Å². The van der Waals surface area contributed by atoms with E-state index < -0.39 is 0 Å². The van der Waals surface area contributed by atoms with Gasteiger partial charge in [-0.25, -0.2) is 0 Å². The first-order valence-electron chi connectivity index (χ1n) is 6.21. The number of rotatable bonds is 4. The highest BCUT2D eigenvalue weighted by Crippen LogP contribution is 2.41. The van der Waals surface area contributed by atoms with E-state index in [-0.39, 0.29) is 0 Å². The Labute approximate surface area is 103 Å². The molecule has 0 radical (unpaired) electrons. The Morgan fingerprint density at radius 1 is 1.12 bits per heavy atom. The largest absolute Gasteiger partial charge is 0.497 e. The maximum atomic E-state index is 5.84. The molecule has 2 rings (SSSR count). The zero-order valence-corrected chi connectivity index (χ0v) is 10.6. The predicted octanol–water partition coefficient (Wildman–Crippen LogP) is 2.55. The fraction of sp³-hybridized carbons (Fsp3) is 0.571. The van der Waals surface area contributed by atoms with Gasteiger partial charge in [-0.3, -0.25) is 0 Å². The molecular formula is C14H21NO2. The fourth-order valence-corrected chi connectivity index (χ4v) is 2.80. The summed E-state index contributed by atoms with van der Waals surface area (Å²) in [6.45, 7) is 0.768. The van der Waals surface area contributed by atoms with Crippen LogP contribution >= 0.6 is 0 Å². The summed E-state index contributed by atoms with van der Waals surface area (Å²) < 4.78 is 10.6. The normalized spacial score (nSPS) is 23.7. The molecule has 1 aromatic carbocycles. The molecule has 0 saturated heterocycles. The molecule has 0 aromatic heterocycles. The van der Waals surface area contributed by atoms with E-state index in [0.717, 1.165) is 18.0 Å². The highest BCUT2D eigenvalue weighted by Gasteiger charge is 2.28. The van der Waals surface area contributed by atoms with Gasteiger partial charge in [0.15, 0.2) is 0 Å². The van der Waals surface area contributed by atoms with Crippen LogP contribution in [0.3, 0.4) is 0 Å². The summed E-state index contributed by atoms with van der Waals surface area (Å²) in [6.07, 6.45) is 3.73. The lowest BCUT2D eigenvalue weighted by Crippen LogP contribution is -2.17. The van der Waals surface area contributed by atoms with Crippen LogP contribution in [0.25, 0.3) is 0 Å². The van der Waals surface area contributed by atoms with Crippen molar-refractivity contribution >= 4 is 0 Å². The third-order valence-corrected chi connectivity index (χ3v) is 3.76. The molecule has 2 unspecified atom stereocenters. The SMILES string of the molecule is COc1cc(OC)cc(C2CCCC2CN)c1. The maximum Gasteiger partial charge on any atom is 0.122 e. The standard InChI is InChI=1S/C14H21NO2/c1-16-12-6-11(7-13(8-12)17-2)14-5-3-4-10(14)9-15/h6-8,10,14H,3-5,9,15H2,1-2H3. The monoisotopic (exact) mass is 235 g/mol. The van der Waals surface area contributed by atoms with Crippen LogP contribution < -0.4 is 15.2 Å². The minimum Gasteiger partial charge on any atom is -0.497 e. The molecule has 3 nitrogen and oxygen atoms in total. The van der Waals surface area contributed by atoms with Crippen molar-refractivity contribution in [3.8, 4) is 11.5 Å². The molecule has 0 heterocycles. The van der Waals surface area contributed by atoms with Gasteiger partial charge in [-0.15, -0.1) is 0 Å². The molecule has 0 aliphatic heterocycles. The lowest BCUT2D eigenvalue weighted by Gasteiger charge is -2.19. The molecule has 3 heteroatoms. The second-order valence-electron chi connectivity index (χ2n) is 4.68. The Balaban J connectivity index is 2.30. The van der Waals surface area contributed by atoms with Crippen LogP contribution in [0, 0.1) is 5.92 Å². The molecule has 94 valence electrons. The van der Waals surface area contributed by atoms with Crippen molar-refractivity contribution in [2.75, 3.05) is 20.8 Å². The smallest absolute Gasteiger partial charge is 0.122 e. The van der Waals surface area contributed by atoms with Crippen LogP contribution in [0.1, 0.15) is 30.7 Å². The fourth-order valence-electron chi connectivity index (χ4n) is 2.80. The average Bonchev–Trinajstić information content (AvgIpc) is 2.86. The Hall–Kier alpha value is -1.22. The molecule has 1 aliphatic rings. The first-order valence-corrected chi connectivity index (χ1v) is 6.21. The van der Waals surface area contributed by atoms with E-state index in [1.165, 1.54) is 24.8 Å². The van der Waals surface area contributed by atoms with Crippen molar-refractivity contribution < 1.29 is 9.47 Å². The molecule has 2 N–H and O–H groups in total. The lowest BCUT2D eigenvalue weighted by atomic mass is 9.89. The Bertz CT molecular complexity index is 356. The predicted molar refractivity (Wildman–Crippen MR) is 68.7 cm³/mol. The van der Waals surface area contributed by atoms with Gasteiger partial charge in [-0.05, 0) is 48.9 Å². The van der Waals surface area contributed by atoms with Crippen LogP contribution in [0.5, 0.6) is 11.5 Å². The minimum absolute atomic E-state index is 0.559. The van der Waals surface area contributed by atoms with Crippen LogP contribution in [0.15, 0.2) is 18.2 Å². The molecule has 1 aliphatic carbocycles. The van der Waals surface area contributed by atoms with E-state index in [0.29, 0.717) is 11.8 Å². The van der Waals surface area contributed by atoms with E-state index in [9.17, 15) is 0 Å². The van der Waals surface area contributed by atoms with Crippen LogP contribution in [0.4, 0.5) is 0 Å². The Kier molecular flexibility index (Phi) is 3.89. The second-order valence-corrected chi connectivity index (χ2v) is 4.68. The van der Waals surface area contributed by atoms with Crippen LogP contribution in [-0.2, 0) is 0 Å². The molecular weight excluding hydrogens is 214 g/mol. The molecule has 0 spiro atoms. The summed E-state index contributed by atoms with van der Waals surface area (Å²) in [7, 11) is 3.38. The van der Waals surface area contributed by atoms with Crippen LogP contribution in [-0.4, -0.2) is 20.8 Å². The zero-order valence-electron chi connectivity index (χ0n) is 10.6. The van der Waals surface area contributed by atoms with Crippen molar-refractivity contribution in [3.63, 3.8) is 0 Å². The molecule has 1 saturated carbocycles. The minimum atomic E-state index is 0.559. The molecule has 17 heavy (non-hydrogen) atoms. The molecule has 0 amide bonds. The topological polar surface area (TPSA) is 44.5 Å². The van der Waals surface area contributed by atoms with Crippen molar-refractivity contribution in [3.05, 3.63) is 23.8 Å². The highest BCUT2D eigenvalue weighted by atomic mass is 16.5.